The Balaban J connectivity index is 1.85. The highest BCUT2D eigenvalue weighted by Crippen LogP contribution is 2.79. The van der Waals surface area contributed by atoms with Crippen LogP contribution in [-0.4, -0.2) is 43.6 Å². The molecule has 5 heteroatoms. The van der Waals surface area contributed by atoms with Crippen LogP contribution >= 0.6 is 0 Å². The summed E-state index contributed by atoms with van der Waals surface area (Å²) in [5.74, 6) is -0.504. The van der Waals surface area contributed by atoms with E-state index in [9.17, 15) is 5.11 Å². The van der Waals surface area contributed by atoms with Crippen LogP contribution < -0.4 is 0 Å². The smallest absolute Gasteiger partial charge is 0.192 e. The maximum atomic E-state index is 12.6. The molecule has 30 heavy (non-hydrogen) atoms. The van der Waals surface area contributed by atoms with E-state index in [4.69, 9.17) is 13.9 Å². The summed E-state index contributed by atoms with van der Waals surface area (Å²) in [6, 6.07) is 0. The van der Waals surface area contributed by atoms with E-state index in [0.717, 1.165) is 17.6 Å². The first-order chi connectivity index (χ1) is 13.4. The normalized spacial score (nSPS) is 41.7. The molecule has 4 aliphatic carbocycles. The van der Waals surface area contributed by atoms with E-state index in [-0.39, 0.29) is 28.6 Å². The van der Waals surface area contributed by atoms with Gasteiger partial charge in [-0.2, -0.15) is 0 Å². The predicted molar refractivity (Wildman–Crippen MR) is 123 cm³/mol. The van der Waals surface area contributed by atoms with Crippen LogP contribution in [0.25, 0.3) is 0 Å². The Morgan fingerprint density at radius 1 is 1.13 bits per heavy atom. The largest absolute Gasteiger partial charge is 0.413 e. The van der Waals surface area contributed by atoms with Crippen molar-refractivity contribution in [3.63, 3.8) is 0 Å². The quantitative estimate of drug-likeness (QED) is 0.465. The van der Waals surface area contributed by atoms with Crippen molar-refractivity contribution >= 4 is 8.32 Å². The zero-order chi connectivity index (χ0) is 22.7. The Hall–Kier alpha value is -0.463. The van der Waals surface area contributed by atoms with E-state index in [0.29, 0.717) is 6.61 Å². The first kappa shape index (κ1) is 22.7. The van der Waals surface area contributed by atoms with Crippen LogP contribution in [0.4, 0.5) is 0 Å². The van der Waals surface area contributed by atoms with Crippen molar-refractivity contribution in [2.24, 2.45) is 16.7 Å². The first-order valence-corrected chi connectivity index (χ1v) is 14.5. The molecule has 1 saturated heterocycles. The Kier molecular flexibility index (Phi) is 4.62. The van der Waals surface area contributed by atoms with Crippen LogP contribution in [0.2, 0.25) is 18.1 Å². The lowest BCUT2D eigenvalue weighted by atomic mass is 9.27. The van der Waals surface area contributed by atoms with Gasteiger partial charge in [0, 0.05) is 5.92 Å². The summed E-state index contributed by atoms with van der Waals surface area (Å²) < 4.78 is 19.7. The molecule has 1 spiro atoms. The zero-order valence-corrected chi connectivity index (χ0v) is 21.9. The number of allylic oxidation sites excluding steroid dienone is 1. The summed E-state index contributed by atoms with van der Waals surface area (Å²) >= 11 is 0. The Bertz CT molecular complexity index is 831. The van der Waals surface area contributed by atoms with Crippen LogP contribution in [0.3, 0.4) is 0 Å². The number of ether oxygens (including phenoxy) is 2. The summed E-state index contributed by atoms with van der Waals surface area (Å²) in [4.78, 5) is 0. The maximum Gasteiger partial charge on any atom is 0.192 e. The minimum atomic E-state index is -1.96. The summed E-state index contributed by atoms with van der Waals surface area (Å²) in [5, 5.41) is 12.7. The second kappa shape index (κ2) is 6.10. The fourth-order valence-electron chi connectivity index (χ4n) is 7.03. The van der Waals surface area contributed by atoms with E-state index in [1.807, 2.05) is 13.8 Å². The standard InChI is InChI=1S/C25H42O4Si/c1-15-12-13-18-22(6,7)24(15)20-19(28-23(8,9)29-20)16(2)17(25(18,24)26)14-27-30(10,11)21(3,4)5/h12,18-20,26H,13-14H2,1-11H3/t18-,19+,20-,24-,25-/m1/s1. The molecule has 170 valence electrons. The molecule has 2 fully saturated rings. The summed E-state index contributed by atoms with van der Waals surface area (Å²) in [6.07, 6.45) is 2.88. The number of fused-ring (bicyclic) bond motifs is 2. The van der Waals surface area contributed by atoms with Gasteiger partial charge in [-0.15, -0.1) is 0 Å². The second-order valence-electron chi connectivity index (χ2n) is 12.7. The monoisotopic (exact) mass is 434 g/mol. The Morgan fingerprint density at radius 3 is 2.27 bits per heavy atom. The SMILES string of the molecule is CC1=CC[C@@H]2C(C)(C)[C@]13[C@@H]1OC(C)(C)O[C@H]1C(C)=C(CO[Si](C)(C)C(C)(C)C)[C@@]23O. The number of rotatable bonds is 3. The van der Waals surface area contributed by atoms with Gasteiger partial charge in [0.25, 0.3) is 0 Å². The number of aliphatic hydroxyl groups is 1. The van der Waals surface area contributed by atoms with Gasteiger partial charge in [0.2, 0.25) is 0 Å². The van der Waals surface area contributed by atoms with Gasteiger partial charge in [-0.1, -0.05) is 46.3 Å². The number of hydrogen-bond acceptors (Lipinski definition) is 4. The van der Waals surface area contributed by atoms with Gasteiger partial charge in [-0.3, -0.25) is 0 Å². The van der Waals surface area contributed by atoms with Gasteiger partial charge in [-0.05, 0) is 68.8 Å². The van der Waals surface area contributed by atoms with Crippen LogP contribution in [0.1, 0.15) is 68.7 Å². The second-order valence-corrected chi connectivity index (χ2v) is 17.5. The molecule has 5 atom stereocenters. The van der Waals surface area contributed by atoms with Crippen molar-refractivity contribution in [1.82, 2.24) is 0 Å². The molecule has 1 aliphatic heterocycles. The Morgan fingerprint density at radius 2 is 1.73 bits per heavy atom. The molecular weight excluding hydrogens is 392 g/mol. The fourth-order valence-corrected chi connectivity index (χ4v) is 7.97. The average Bonchev–Trinajstić information content (AvgIpc) is 2.88. The van der Waals surface area contributed by atoms with Crippen molar-refractivity contribution in [3.05, 3.63) is 22.8 Å². The molecule has 0 aromatic rings. The van der Waals surface area contributed by atoms with Crippen molar-refractivity contribution in [2.75, 3.05) is 6.61 Å². The van der Waals surface area contributed by atoms with Crippen molar-refractivity contribution in [2.45, 2.75) is 110 Å². The molecule has 1 N–H and O–H groups in total. The van der Waals surface area contributed by atoms with Gasteiger partial charge in [-0.25, -0.2) is 0 Å². The Labute approximate surface area is 184 Å². The summed E-state index contributed by atoms with van der Waals surface area (Å²) in [6.45, 7) is 24.7. The molecule has 0 unspecified atom stereocenters. The minimum absolute atomic E-state index is 0.0732. The third-order valence-corrected chi connectivity index (χ3v) is 14.0. The van der Waals surface area contributed by atoms with Crippen LogP contribution in [0.15, 0.2) is 22.8 Å². The van der Waals surface area contributed by atoms with Gasteiger partial charge in [0.1, 0.15) is 17.8 Å². The lowest BCUT2D eigenvalue weighted by Gasteiger charge is -2.78. The van der Waals surface area contributed by atoms with E-state index >= 15 is 0 Å². The molecule has 0 aromatic carbocycles. The van der Waals surface area contributed by atoms with E-state index in [2.05, 4.69) is 67.6 Å². The van der Waals surface area contributed by atoms with Gasteiger partial charge >= 0.3 is 0 Å². The minimum Gasteiger partial charge on any atom is -0.413 e. The molecule has 2 bridgehead atoms. The van der Waals surface area contributed by atoms with Crippen molar-refractivity contribution in [3.8, 4) is 0 Å². The van der Waals surface area contributed by atoms with E-state index in [1.165, 1.54) is 5.57 Å². The van der Waals surface area contributed by atoms with Crippen LogP contribution in [0.5, 0.6) is 0 Å². The molecule has 0 aromatic heterocycles. The molecule has 1 heterocycles. The van der Waals surface area contributed by atoms with Gasteiger partial charge in [0.05, 0.1) is 12.0 Å². The third-order valence-electron chi connectivity index (χ3n) is 9.54. The predicted octanol–water partition coefficient (Wildman–Crippen LogP) is 5.58. The summed E-state index contributed by atoms with van der Waals surface area (Å²) in [7, 11) is -1.96. The molecule has 1 saturated carbocycles. The van der Waals surface area contributed by atoms with Crippen molar-refractivity contribution < 1.29 is 19.0 Å². The highest BCUT2D eigenvalue weighted by molar-refractivity contribution is 6.74. The average molecular weight is 435 g/mol. The summed E-state index contributed by atoms with van der Waals surface area (Å²) in [5.41, 5.74) is 1.91. The topological polar surface area (TPSA) is 47.9 Å². The first-order valence-electron chi connectivity index (χ1n) is 11.5. The highest BCUT2D eigenvalue weighted by atomic mass is 28.4. The van der Waals surface area contributed by atoms with E-state index < -0.39 is 25.1 Å². The lowest BCUT2D eigenvalue weighted by molar-refractivity contribution is -0.322. The maximum absolute atomic E-state index is 12.6. The zero-order valence-electron chi connectivity index (χ0n) is 20.9. The van der Waals surface area contributed by atoms with Crippen LogP contribution in [-0.2, 0) is 13.9 Å². The molecule has 5 rings (SSSR count). The highest BCUT2D eigenvalue weighted by Gasteiger charge is 2.84. The lowest BCUT2D eigenvalue weighted by Crippen LogP contribution is -2.84. The molecule has 0 radical (unpaired) electrons. The van der Waals surface area contributed by atoms with E-state index in [1.54, 1.807) is 0 Å². The molecule has 0 amide bonds. The molecule has 4 nitrogen and oxygen atoms in total. The molecular formula is C25H42O4Si. The van der Waals surface area contributed by atoms with Crippen molar-refractivity contribution in [1.29, 1.82) is 0 Å². The molecule has 5 aliphatic rings. The fraction of sp³-hybridized carbons (Fsp3) is 0.840. The van der Waals surface area contributed by atoms with Crippen LogP contribution in [0, 0.1) is 16.7 Å². The number of hydrogen-bond donors (Lipinski definition) is 1. The van der Waals surface area contributed by atoms with Gasteiger partial charge in [0.15, 0.2) is 14.1 Å². The van der Waals surface area contributed by atoms with Gasteiger partial charge < -0.3 is 19.0 Å². The third kappa shape index (κ3) is 2.42.